The molecule has 0 bridgehead atoms. The second kappa shape index (κ2) is 7.25. The standard InChI is InChI=1S/C16H11Cl2N3O2S/c17-9-5-10(18)7-11(6-9)19-14(22)8-24-16-20-13-4-2-1-3-12(13)15(23)21-16/h1-7H,8H2,(H,19,22)(H,20,21,23). The molecule has 24 heavy (non-hydrogen) atoms. The first-order valence-corrected chi connectivity index (χ1v) is 8.63. The van der Waals surface area contributed by atoms with Gasteiger partial charge in [-0.25, -0.2) is 4.98 Å². The average molecular weight is 380 g/mol. The van der Waals surface area contributed by atoms with E-state index in [1.165, 1.54) is 0 Å². The van der Waals surface area contributed by atoms with Crippen LogP contribution in [0.1, 0.15) is 0 Å². The van der Waals surface area contributed by atoms with Gasteiger partial charge in [-0.05, 0) is 30.3 Å². The zero-order valence-corrected chi connectivity index (χ0v) is 14.5. The fourth-order valence-electron chi connectivity index (χ4n) is 2.09. The van der Waals surface area contributed by atoms with Gasteiger partial charge >= 0.3 is 0 Å². The highest BCUT2D eigenvalue weighted by molar-refractivity contribution is 7.99. The fraction of sp³-hybridized carbons (Fsp3) is 0.0625. The van der Waals surface area contributed by atoms with E-state index in [1.54, 1.807) is 42.5 Å². The Morgan fingerprint density at radius 3 is 2.62 bits per heavy atom. The first-order valence-electron chi connectivity index (χ1n) is 6.89. The zero-order valence-electron chi connectivity index (χ0n) is 12.2. The van der Waals surface area contributed by atoms with E-state index in [4.69, 9.17) is 23.2 Å². The number of amides is 1. The molecule has 2 aromatic carbocycles. The molecule has 0 saturated carbocycles. The summed E-state index contributed by atoms with van der Waals surface area (Å²) in [6.45, 7) is 0. The summed E-state index contributed by atoms with van der Waals surface area (Å²) in [5.74, 6) is -0.167. The van der Waals surface area contributed by atoms with Crippen molar-refractivity contribution in [2.75, 3.05) is 11.1 Å². The van der Waals surface area contributed by atoms with Crippen LogP contribution in [0.25, 0.3) is 10.9 Å². The van der Waals surface area contributed by atoms with E-state index in [1.807, 2.05) is 0 Å². The molecule has 0 radical (unpaired) electrons. The van der Waals surface area contributed by atoms with Crippen molar-refractivity contribution in [1.29, 1.82) is 0 Å². The summed E-state index contributed by atoms with van der Waals surface area (Å²) in [5.41, 5.74) is 0.869. The molecule has 0 unspecified atom stereocenters. The van der Waals surface area contributed by atoms with Gasteiger partial charge in [0.2, 0.25) is 5.91 Å². The van der Waals surface area contributed by atoms with Gasteiger partial charge < -0.3 is 10.3 Å². The van der Waals surface area contributed by atoms with Crippen molar-refractivity contribution in [3.8, 4) is 0 Å². The van der Waals surface area contributed by atoms with E-state index in [-0.39, 0.29) is 17.2 Å². The highest BCUT2D eigenvalue weighted by atomic mass is 35.5. The Hall–Kier alpha value is -2.02. The lowest BCUT2D eigenvalue weighted by atomic mass is 10.2. The summed E-state index contributed by atoms with van der Waals surface area (Å²) in [6.07, 6.45) is 0. The molecule has 5 nitrogen and oxygen atoms in total. The van der Waals surface area contributed by atoms with Crippen molar-refractivity contribution in [3.63, 3.8) is 0 Å². The smallest absolute Gasteiger partial charge is 0.259 e. The largest absolute Gasteiger partial charge is 0.325 e. The van der Waals surface area contributed by atoms with E-state index >= 15 is 0 Å². The van der Waals surface area contributed by atoms with Gasteiger partial charge in [0.15, 0.2) is 5.16 Å². The van der Waals surface area contributed by atoms with Crippen LogP contribution in [0, 0.1) is 0 Å². The second-order valence-electron chi connectivity index (χ2n) is 4.88. The summed E-state index contributed by atoms with van der Waals surface area (Å²) in [4.78, 5) is 31.0. The minimum atomic E-state index is -0.255. The molecule has 122 valence electrons. The molecule has 3 aromatic rings. The molecule has 0 aliphatic rings. The topological polar surface area (TPSA) is 74.8 Å². The third-order valence-corrected chi connectivity index (χ3v) is 4.39. The Bertz CT molecular complexity index is 955. The van der Waals surface area contributed by atoms with Gasteiger partial charge in [0.05, 0.1) is 16.7 Å². The van der Waals surface area contributed by atoms with Crippen LogP contribution in [0.4, 0.5) is 5.69 Å². The number of H-pyrrole nitrogens is 1. The number of halogens is 2. The number of thioether (sulfide) groups is 1. The van der Waals surface area contributed by atoms with E-state index in [0.29, 0.717) is 31.8 Å². The Labute approximate surface area is 151 Å². The van der Waals surface area contributed by atoms with Gasteiger partial charge in [-0.2, -0.15) is 0 Å². The minimum absolute atomic E-state index is 0.0887. The molecule has 1 heterocycles. The normalized spacial score (nSPS) is 10.8. The molecule has 0 atom stereocenters. The fourth-order valence-corrected chi connectivity index (χ4v) is 3.28. The molecule has 3 rings (SSSR count). The van der Waals surface area contributed by atoms with Gasteiger partial charge in [0, 0.05) is 15.7 Å². The summed E-state index contributed by atoms with van der Waals surface area (Å²) in [7, 11) is 0. The number of nitrogens with one attached hydrogen (secondary N) is 2. The number of hydrogen-bond donors (Lipinski definition) is 2. The number of aromatic nitrogens is 2. The summed E-state index contributed by atoms with van der Waals surface area (Å²) >= 11 is 12.9. The Morgan fingerprint density at radius 2 is 1.88 bits per heavy atom. The van der Waals surface area contributed by atoms with E-state index in [0.717, 1.165) is 11.8 Å². The number of carbonyl (C=O) groups is 1. The monoisotopic (exact) mass is 379 g/mol. The number of nitrogens with zero attached hydrogens (tertiary/aromatic N) is 1. The zero-order chi connectivity index (χ0) is 17.1. The Kier molecular flexibility index (Phi) is 5.08. The van der Waals surface area contributed by atoms with Gasteiger partial charge in [-0.15, -0.1) is 0 Å². The third-order valence-electron chi connectivity index (χ3n) is 3.08. The molecule has 2 N–H and O–H groups in total. The van der Waals surface area contributed by atoms with Gasteiger partial charge in [-0.3, -0.25) is 9.59 Å². The van der Waals surface area contributed by atoms with Gasteiger partial charge in [0.1, 0.15) is 0 Å². The number of para-hydroxylation sites is 1. The molecule has 1 amide bonds. The average Bonchev–Trinajstić information content (AvgIpc) is 2.52. The quantitative estimate of drug-likeness (QED) is 0.531. The van der Waals surface area contributed by atoms with Crippen LogP contribution < -0.4 is 10.9 Å². The molecule has 0 aliphatic carbocycles. The lowest BCUT2D eigenvalue weighted by Crippen LogP contribution is -2.15. The van der Waals surface area contributed by atoms with Crippen LogP contribution >= 0.6 is 35.0 Å². The van der Waals surface area contributed by atoms with Gasteiger partial charge in [-0.1, -0.05) is 47.1 Å². The number of benzene rings is 2. The Morgan fingerprint density at radius 1 is 1.17 bits per heavy atom. The molecular formula is C16H11Cl2N3O2S. The number of fused-ring (bicyclic) bond motifs is 1. The number of carbonyl (C=O) groups excluding carboxylic acids is 1. The first kappa shape index (κ1) is 16.8. The van der Waals surface area contributed by atoms with E-state index < -0.39 is 0 Å². The maximum Gasteiger partial charge on any atom is 0.259 e. The van der Waals surface area contributed by atoms with Crippen LogP contribution in [0.2, 0.25) is 10.0 Å². The highest BCUT2D eigenvalue weighted by Gasteiger charge is 2.08. The van der Waals surface area contributed by atoms with Crippen molar-refractivity contribution in [2.24, 2.45) is 0 Å². The highest BCUT2D eigenvalue weighted by Crippen LogP contribution is 2.23. The summed E-state index contributed by atoms with van der Waals surface area (Å²) in [6, 6.07) is 11.8. The Balaban J connectivity index is 1.69. The van der Waals surface area contributed by atoms with Crippen LogP contribution in [0.15, 0.2) is 52.4 Å². The van der Waals surface area contributed by atoms with Crippen molar-refractivity contribution in [1.82, 2.24) is 9.97 Å². The molecule has 1 aromatic heterocycles. The van der Waals surface area contributed by atoms with Crippen molar-refractivity contribution < 1.29 is 4.79 Å². The molecular weight excluding hydrogens is 369 g/mol. The molecule has 0 saturated heterocycles. The van der Waals surface area contributed by atoms with Crippen molar-refractivity contribution in [2.45, 2.75) is 5.16 Å². The second-order valence-corrected chi connectivity index (χ2v) is 6.72. The maximum atomic E-state index is 12.0. The summed E-state index contributed by atoms with van der Waals surface area (Å²) < 4.78 is 0. The maximum absolute atomic E-state index is 12.0. The molecule has 0 fully saturated rings. The third kappa shape index (κ3) is 4.08. The van der Waals surface area contributed by atoms with Crippen molar-refractivity contribution in [3.05, 3.63) is 62.9 Å². The predicted octanol–water partition coefficient (Wildman–Crippen LogP) is 3.96. The van der Waals surface area contributed by atoms with Crippen LogP contribution in [0.3, 0.4) is 0 Å². The van der Waals surface area contributed by atoms with Crippen LogP contribution in [-0.4, -0.2) is 21.6 Å². The molecule has 0 spiro atoms. The van der Waals surface area contributed by atoms with Crippen LogP contribution in [0.5, 0.6) is 0 Å². The van der Waals surface area contributed by atoms with Crippen molar-refractivity contribution >= 4 is 57.5 Å². The summed E-state index contributed by atoms with van der Waals surface area (Å²) in [5, 5.41) is 4.47. The lowest BCUT2D eigenvalue weighted by Gasteiger charge is -2.06. The van der Waals surface area contributed by atoms with Gasteiger partial charge in [0.25, 0.3) is 5.56 Å². The molecule has 8 heteroatoms. The predicted molar refractivity (Wildman–Crippen MR) is 98.2 cm³/mol. The lowest BCUT2D eigenvalue weighted by molar-refractivity contribution is -0.113. The SMILES string of the molecule is O=C(CSc1nc2ccccc2c(=O)[nH]1)Nc1cc(Cl)cc(Cl)c1. The number of aromatic amines is 1. The number of anilines is 1. The molecule has 0 aliphatic heterocycles. The first-order chi connectivity index (χ1) is 11.5. The minimum Gasteiger partial charge on any atom is -0.325 e. The number of rotatable bonds is 4. The van der Waals surface area contributed by atoms with E-state index in [2.05, 4.69) is 15.3 Å². The van der Waals surface area contributed by atoms with E-state index in [9.17, 15) is 9.59 Å². The van der Waals surface area contributed by atoms with Crippen LogP contribution in [-0.2, 0) is 4.79 Å². The number of hydrogen-bond acceptors (Lipinski definition) is 4.